The lowest BCUT2D eigenvalue weighted by Crippen LogP contribution is -1.90. The highest BCUT2D eigenvalue weighted by molar-refractivity contribution is 9.10. The number of fused-ring (bicyclic) bond motifs is 1. The second kappa shape index (κ2) is 5.42. The molecule has 0 bridgehead atoms. The largest absolute Gasteiger partial charge is 0.496 e. The number of aromatic nitrogens is 1. The third kappa shape index (κ3) is 2.64. The molecule has 0 fully saturated rings. The fourth-order valence-electron chi connectivity index (χ4n) is 1.96. The van der Waals surface area contributed by atoms with Crippen molar-refractivity contribution in [3.63, 3.8) is 0 Å². The Bertz CT molecular complexity index is 770. The molecule has 0 radical (unpaired) electrons. The van der Waals surface area contributed by atoms with Crippen molar-refractivity contribution in [2.45, 2.75) is 6.92 Å². The van der Waals surface area contributed by atoms with Gasteiger partial charge in [-0.15, -0.1) is 0 Å². The molecule has 0 aliphatic rings. The van der Waals surface area contributed by atoms with Gasteiger partial charge in [0.2, 0.25) is 0 Å². The molecule has 0 saturated carbocycles. The van der Waals surface area contributed by atoms with E-state index in [-0.39, 0.29) is 0 Å². The summed E-state index contributed by atoms with van der Waals surface area (Å²) >= 11 is 5.13. The molecule has 0 atom stereocenters. The summed E-state index contributed by atoms with van der Waals surface area (Å²) in [6, 6.07) is 12.2. The second-order valence-electron chi connectivity index (χ2n) is 4.46. The van der Waals surface area contributed by atoms with Gasteiger partial charge in [0.1, 0.15) is 5.75 Å². The average molecular weight is 349 g/mol. The highest BCUT2D eigenvalue weighted by Crippen LogP contribution is 2.32. The van der Waals surface area contributed by atoms with Crippen LogP contribution in [0.5, 0.6) is 5.75 Å². The zero-order valence-corrected chi connectivity index (χ0v) is 13.5. The van der Waals surface area contributed by atoms with Gasteiger partial charge in [-0.25, -0.2) is 4.98 Å². The van der Waals surface area contributed by atoms with Crippen LogP contribution in [0.4, 0.5) is 10.8 Å². The number of nitrogens with one attached hydrogen (secondary N) is 1. The number of ether oxygens (including phenoxy) is 1. The van der Waals surface area contributed by atoms with Gasteiger partial charge in [0.25, 0.3) is 0 Å². The van der Waals surface area contributed by atoms with Crippen molar-refractivity contribution < 1.29 is 4.74 Å². The smallest absolute Gasteiger partial charge is 0.188 e. The van der Waals surface area contributed by atoms with Gasteiger partial charge in [-0.05, 0) is 58.7 Å². The zero-order valence-electron chi connectivity index (χ0n) is 11.1. The molecule has 3 aromatic rings. The van der Waals surface area contributed by atoms with Crippen LogP contribution in [0.1, 0.15) is 5.56 Å². The monoisotopic (exact) mass is 348 g/mol. The van der Waals surface area contributed by atoms with Crippen molar-refractivity contribution >= 4 is 48.3 Å². The maximum atomic E-state index is 5.22. The first-order valence-corrected chi connectivity index (χ1v) is 7.74. The summed E-state index contributed by atoms with van der Waals surface area (Å²) in [6.07, 6.45) is 0. The molecule has 102 valence electrons. The van der Waals surface area contributed by atoms with Crippen LogP contribution in [0.25, 0.3) is 10.2 Å². The van der Waals surface area contributed by atoms with Crippen LogP contribution < -0.4 is 10.1 Å². The minimum atomic E-state index is 0.815. The topological polar surface area (TPSA) is 34.1 Å². The molecule has 5 heteroatoms. The molecule has 1 N–H and O–H groups in total. The highest BCUT2D eigenvalue weighted by Gasteiger charge is 2.06. The molecule has 0 spiro atoms. The SMILES string of the molecule is COc1ccc(Nc2nc3cc(C)ccc3s2)cc1Br. The Kier molecular flexibility index (Phi) is 3.63. The van der Waals surface area contributed by atoms with E-state index in [0.29, 0.717) is 0 Å². The summed E-state index contributed by atoms with van der Waals surface area (Å²) in [4.78, 5) is 4.60. The Morgan fingerprint density at radius 3 is 2.80 bits per heavy atom. The fraction of sp³-hybridized carbons (Fsp3) is 0.133. The van der Waals surface area contributed by atoms with E-state index in [4.69, 9.17) is 4.74 Å². The van der Waals surface area contributed by atoms with Crippen molar-refractivity contribution in [3.05, 3.63) is 46.4 Å². The predicted octanol–water partition coefficient (Wildman–Crippen LogP) is 5.12. The summed E-state index contributed by atoms with van der Waals surface area (Å²) in [5, 5.41) is 4.22. The van der Waals surface area contributed by atoms with Crippen molar-refractivity contribution in [2.75, 3.05) is 12.4 Å². The molecule has 1 aromatic heterocycles. The lowest BCUT2D eigenvalue weighted by atomic mass is 10.2. The number of hydrogen-bond acceptors (Lipinski definition) is 4. The standard InChI is InChI=1S/C15H13BrN2OS/c1-9-3-6-14-12(7-9)18-15(20-14)17-10-4-5-13(19-2)11(16)8-10/h3-8H,1-2H3,(H,17,18). The number of methoxy groups -OCH3 is 1. The molecule has 3 nitrogen and oxygen atoms in total. The van der Waals surface area contributed by atoms with Crippen molar-refractivity contribution in [1.29, 1.82) is 0 Å². The molecule has 0 unspecified atom stereocenters. The Balaban J connectivity index is 1.90. The van der Waals surface area contributed by atoms with Crippen LogP contribution in [0, 0.1) is 6.92 Å². The fourth-order valence-corrected chi connectivity index (χ4v) is 3.37. The number of rotatable bonds is 3. The molecule has 0 aliphatic carbocycles. The normalized spacial score (nSPS) is 10.8. The van der Waals surface area contributed by atoms with Crippen LogP contribution in [-0.2, 0) is 0 Å². The minimum absolute atomic E-state index is 0.815. The number of aryl methyl sites for hydroxylation is 1. The molecular formula is C15H13BrN2OS. The van der Waals surface area contributed by atoms with Crippen molar-refractivity contribution in [3.8, 4) is 5.75 Å². The van der Waals surface area contributed by atoms with Gasteiger partial charge in [-0.1, -0.05) is 17.4 Å². The Hall–Kier alpha value is -1.59. The van der Waals surface area contributed by atoms with Crippen LogP contribution in [-0.4, -0.2) is 12.1 Å². The molecule has 1 heterocycles. The first-order chi connectivity index (χ1) is 9.65. The minimum Gasteiger partial charge on any atom is -0.496 e. The van der Waals surface area contributed by atoms with Gasteiger partial charge >= 0.3 is 0 Å². The highest BCUT2D eigenvalue weighted by atomic mass is 79.9. The van der Waals surface area contributed by atoms with Gasteiger partial charge in [0.15, 0.2) is 5.13 Å². The second-order valence-corrected chi connectivity index (χ2v) is 6.35. The first-order valence-electron chi connectivity index (χ1n) is 6.13. The van der Waals surface area contributed by atoms with Gasteiger partial charge < -0.3 is 10.1 Å². The number of benzene rings is 2. The Morgan fingerprint density at radius 2 is 2.05 bits per heavy atom. The predicted molar refractivity (Wildman–Crippen MR) is 88.3 cm³/mol. The van der Waals surface area contributed by atoms with Gasteiger partial charge in [0, 0.05) is 5.69 Å². The van der Waals surface area contributed by atoms with E-state index in [2.05, 4.69) is 51.4 Å². The molecule has 0 saturated heterocycles. The van der Waals surface area contributed by atoms with E-state index in [1.165, 1.54) is 10.3 Å². The average Bonchev–Trinajstić information content (AvgIpc) is 2.80. The number of nitrogens with zero attached hydrogens (tertiary/aromatic N) is 1. The molecular weight excluding hydrogens is 336 g/mol. The number of hydrogen-bond donors (Lipinski definition) is 1. The van der Waals surface area contributed by atoms with Gasteiger partial charge in [-0.3, -0.25) is 0 Å². The van der Waals surface area contributed by atoms with Gasteiger partial charge in [-0.2, -0.15) is 0 Å². The van der Waals surface area contributed by atoms with E-state index in [9.17, 15) is 0 Å². The van der Waals surface area contributed by atoms with Crippen LogP contribution in [0.3, 0.4) is 0 Å². The summed E-state index contributed by atoms with van der Waals surface area (Å²) in [5.74, 6) is 0.815. The molecule has 3 rings (SSSR count). The van der Waals surface area contributed by atoms with E-state index in [1.807, 2.05) is 18.2 Å². The summed E-state index contributed by atoms with van der Waals surface area (Å²) < 4.78 is 7.33. The molecule has 0 amide bonds. The third-order valence-electron chi connectivity index (χ3n) is 2.95. The molecule has 2 aromatic carbocycles. The summed E-state index contributed by atoms with van der Waals surface area (Å²) in [6.45, 7) is 2.08. The summed E-state index contributed by atoms with van der Waals surface area (Å²) in [5.41, 5.74) is 3.24. The number of thiazole rings is 1. The van der Waals surface area contributed by atoms with Crippen LogP contribution in [0.2, 0.25) is 0 Å². The van der Waals surface area contributed by atoms with Crippen molar-refractivity contribution in [1.82, 2.24) is 4.98 Å². The molecule has 0 aliphatic heterocycles. The Labute approximate surface area is 129 Å². The van der Waals surface area contributed by atoms with E-state index >= 15 is 0 Å². The maximum absolute atomic E-state index is 5.22. The van der Waals surface area contributed by atoms with E-state index in [0.717, 1.165) is 26.6 Å². The lowest BCUT2D eigenvalue weighted by molar-refractivity contribution is 0.412. The lowest BCUT2D eigenvalue weighted by Gasteiger charge is -2.06. The maximum Gasteiger partial charge on any atom is 0.188 e. The number of halogens is 1. The first kappa shape index (κ1) is 13.4. The van der Waals surface area contributed by atoms with E-state index < -0.39 is 0 Å². The number of anilines is 2. The van der Waals surface area contributed by atoms with Gasteiger partial charge in [0.05, 0.1) is 21.8 Å². The zero-order chi connectivity index (χ0) is 14.1. The quantitative estimate of drug-likeness (QED) is 0.713. The van der Waals surface area contributed by atoms with Crippen LogP contribution in [0.15, 0.2) is 40.9 Å². The summed E-state index contributed by atoms with van der Waals surface area (Å²) in [7, 11) is 1.66. The van der Waals surface area contributed by atoms with Crippen molar-refractivity contribution in [2.24, 2.45) is 0 Å². The van der Waals surface area contributed by atoms with E-state index in [1.54, 1.807) is 18.4 Å². The van der Waals surface area contributed by atoms with Crippen LogP contribution >= 0.6 is 27.3 Å². The molecule has 20 heavy (non-hydrogen) atoms. The third-order valence-corrected chi connectivity index (χ3v) is 4.52. The Morgan fingerprint density at radius 1 is 1.20 bits per heavy atom.